The predicted octanol–water partition coefficient (Wildman–Crippen LogP) is 15.9. The van der Waals surface area contributed by atoms with E-state index in [1.807, 2.05) is 105 Å². The Hall–Kier alpha value is -17.5. The lowest BCUT2D eigenvalue weighted by atomic mass is 10.1. The number of nitro benzene ring substituents is 1. The maximum Gasteiger partial charge on any atom is 0.269 e. The summed E-state index contributed by atoms with van der Waals surface area (Å²) in [6, 6.07) is 64.7. The first-order valence-corrected chi connectivity index (χ1v) is 38.3. The lowest BCUT2D eigenvalue weighted by Gasteiger charge is -2.11. The number of aromatic hydroxyl groups is 6. The zero-order valence-corrected chi connectivity index (χ0v) is 74.3. The van der Waals surface area contributed by atoms with Crippen molar-refractivity contribution in [3.05, 3.63) is 337 Å². The van der Waals surface area contributed by atoms with Crippen molar-refractivity contribution in [2.75, 3.05) is 94.9 Å². The first-order valence-electron chi connectivity index (χ1n) is 38.3. The summed E-state index contributed by atoms with van der Waals surface area (Å²) in [6.07, 6.45) is 13.0. The minimum atomic E-state index is -0.505. The van der Waals surface area contributed by atoms with E-state index >= 15 is 0 Å². The second-order valence-electron chi connectivity index (χ2n) is 25.8. The van der Waals surface area contributed by atoms with Crippen molar-refractivity contribution in [3.8, 4) is 80.5 Å². The van der Waals surface area contributed by atoms with Crippen molar-refractivity contribution in [1.29, 1.82) is 0 Å². The molecule has 0 amide bonds. The number of carbonyl (C=O) groups excluding carboxylic acids is 12. The van der Waals surface area contributed by atoms with Crippen LogP contribution in [0.15, 0.2) is 249 Å². The summed E-state index contributed by atoms with van der Waals surface area (Å²) in [5.41, 5.74) is 9.13. The number of non-ortho nitro benzene ring substituents is 1. The summed E-state index contributed by atoms with van der Waals surface area (Å²) < 4.78 is 39.2. The number of methoxy groups -OCH3 is 8. The topological polar surface area (TPSA) is 483 Å². The molecule has 0 saturated carbocycles. The summed E-state index contributed by atoms with van der Waals surface area (Å²) >= 11 is 0. The first kappa shape index (κ1) is 113. The third-order valence-electron chi connectivity index (χ3n) is 16.7. The van der Waals surface area contributed by atoms with E-state index in [1.54, 1.807) is 151 Å². The fraction of sp³-hybridized carbons (Fsp3) is 0.141. The number of aryl methyl sites for hydroxylation is 1. The summed E-state index contributed by atoms with van der Waals surface area (Å²) in [6.45, 7) is 1.29. The SMILES string of the molecule is CN(C)c1ccc(/C=C/C=O)cc1.CN(C)c1ccc(C=O)cc1.COc1cc(C=O)ccc1O.COc1ccc(C=O)cc1.COc1ccc(C=O)cc1.COc1ccc(C=O)cc1O.COc1ccc(C=O)cc1OC.COc1ccc(OC)c(C=O)c1.Cc1ncc(CO)c(C=O)c1O.O=Cc1c(O)cc(O)cc1O.O=Cc1ccc([N+](=O)[O-])cc1.O=Cc1ccccc1. The maximum atomic E-state index is 10.5. The molecule has 0 aliphatic rings. The second-order valence-corrected chi connectivity index (χ2v) is 25.8. The number of nitro groups is 1. The van der Waals surface area contributed by atoms with E-state index in [0.717, 1.165) is 95.7 Å². The number of phenols is 5. The second kappa shape index (κ2) is 65.1. The molecule has 0 bridgehead atoms. The van der Waals surface area contributed by atoms with Crippen LogP contribution in [0.5, 0.6) is 80.5 Å². The van der Waals surface area contributed by atoms with E-state index in [4.69, 9.17) is 68.5 Å². The van der Waals surface area contributed by atoms with Gasteiger partial charge < -0.3 is 83.4 Å². The summed E-state index contributed by atoms with van der Waals surface area (Å²) in [5.74, 6) is 3.35. The number of aldehydes is 12. The quantitative estimate of drug-likeness (QED) is 0.0121. The third-order valence-corrected chi connectivity index (χ3v) is 16.7. The Morgan fingerprint density at radius 3 is 1.07 bits per heavy atom. The number of aliphatic hydroxyl groups is 1. The third kappa shape index (κ3) is 42.5. The summed E-state index contributed by atoms with van der Waals surface area (Å²) in [5, 5.41) is 73.0. The van der Waals surface area contributed by atoms with Crippen LogP contribution in [-0.4, -0.2) is 206 Å². The van der Waals surface area contributed by atoms with Gasteiger partial charge in [-0.3, -0.25) is 72.6 Å². The Balaban J connectivity index is 0.000000721. The van der Waals surface area contributed by atoms with Gasteiger partial charge in [0, 0.05) is 120 Å². The van der Waals surface area contributed by atoms with Gasteiger partial charge >= 0.3 is 0 Å². The lowest BCUT2D eigenvalue weighted by Crippen LogP contribution is -2.08. The summed E-state index contributed by atoms with van der Waals surface area (Å²) in [4.78, 5) is 140. The Kier molecular flexibility index (Phi) is 55.5. The molecule has 0 radical (unpaired) electrons. The van der Waals surface area contributed by atoms with Crippen LogP contribution in [0.1, 0.15) is 131 Å². The molecule has 692 valence electrons. The Labute approximate surface area is 761 Å². The number of hydrogen-bond acceptors (Lipinski definition) is 32. The molecule has 0 atom stereocenters. The molecule has 1 aromatic heterocycles. The predicted molar refractivity (Wildman–Crippen MR) is 498 cm³/mol. The van der Waals surface area contributed by atoms with Gasteiger partial charge in [0.25, 0.3) is 5.69 Å². The molecule has 0 aliphatic heterocycles. The molecule has 0 unspecified atom stereocenters. The minimum Gasteiger partial charge on any atom is -0.508 e. The summed E-state index contributed by atoms with van der Waals surface area (Å²) in [7, 11) is 20.2. The number of nitrogens with zero attached hydrogens (tertiary/aromatic N) is 4. The van der Waals surface area contributed by atoms with Crippen molar-refractivity contribution in [3.63, 3.8) is 0 Å². The van der Waals surface area contributed by atoms with Crippen molar-refractivity contribution < 1.29 is 136 Å². The number of carbonyl (C=O) groups is 12. The number of hydrogen-bond donors (Lipinski definition) is 7. The minimum absolute atomic E-state index is 0.00407. The molecule has 33 heteroatoms. The van der Waals surface area contributed by atoms with Gasteiger partial charge in [-0.2, -0.15) is 0 Å². The largest absolute Gasteiger partial charge is 0.508 e. The van der Waals surface area contributed by atoms with Crippen molar-refractivity contribution >= 4 is 98.6 Å². The molecule has 1 heterocycles. The number of phenolic OH excluding ortho intramolecular Hbond substituents is 5. The fourth-order valence-electron chi connectivity index (χ4n) is 9.50. The maximum absolute atomic E-state index is 10.5. The molecule has 12 aromatic rings. The number of benzene rings is 11. The number of rotatable bonds is 25. The highest BCUT2D eigenvalue weighted by atomic mass is 16.6. The molecule has 12 rings (SSSR count). The number of aromatic nitrogens is 1. The lowest BCUT2D eigenvalue weighted by molar-refractivity contribution is -0.384. The van der Waals surface area contributed by atoms with Crippen LogP contribution in [-0.2, 0) is 11.4 Å². The Bertz CT molecular complexity index is 5500. The number of pyridine rings is 1. The van der Waals surface area contributed by atoms with Gasteiger partial charge in [0.2, 0.25) is 0 Å². The van der Waals surface area contributed by atoms with Gasteiger partial charge in [-0.05, 0) is 188 Å². The molecule has 11 aromatic carbocycles. The number of anilines is 2. The van der Waals surface area contributed by atoms with Gasteiger partial charge in [0.15, 0.2) is 53.4 Å². The normalized spacial score (nSPS) is 9.29. The first-order chi connectivity index (χ1) is 63.4. The highest BCUT2D eigenvalue weighted by molar-refractivity contribution is 5.85. The van der Waals surface area contributed by atoms with Gasteiger partial charge in [0.1, 0.15) is 103 Å². The van der Waals surface area contributed by atoms with Crippen molar-refractivity contribution in [2.45, 2.75) is 13.5 Å². The monoisotopic (exact) mass is 1810 g/mol. The number of ether oxygens (including phenoxy) is 8. The van der Waals surface area contributed by atoms with Crippen LogP contribution >= 0.6 is 0 Å². The molecular weight excluding hydrogens is 1710 g/mol. The number of aliphatic hydroxyl groups excluding tert-OH is 1. The molecule has 0 fully saturated rings. The highest BCUT2D eigenvalue weighted by Crippen LogP contribution is 2.32. The average molecular weight is 1810 g/mol. The van der Waals surface area contributed by atoms with Gasteiger partial charge in [-0.15, -0.1) is 0 Å². The van der Waals surface area contributed by atoms with E-state index < -0.39 is 16.4 Å². The van der Waals surface area contributed by atoms with Crippen LogP contribution in [0.4, 0.5) is 17.1 Å². The van der Waals surface area contributed by atoms with E-state index in [9.17, 15) is 72.8 Å². The Morgan fingerprint density at radius 1 is 0.341 bits per heavy atom. The van der Waals surface area contributed by atoms with E-state index in [1.165, 1.54) is 89.2 Å². The Morgan fingerprint density at radius 2 is 0.705 bits per heavy atom. The van der Waals surface area contributed by atoms with Gasteiger partial charge in [-0.1, -0.05) is 48.5 Å². The average Bonchev–Trinajstić information content (AvgIpc) is 0.842. The molecular formula is C99H102N4O29. The standard InChI is InChI=1S/C11H13NO.C9H11NO.2C9H10O3.C8H9NO3.2C8H8O3.2C8H8O2.C7H5NO3.C7H6O4.C7H6O/c1-12(2)11-7-5-10(6-8-11)4-3-9-13;1-10(2)9-5-3-8(7-11)4-6-9;1-11-8-3-4-9(12-2)7(5-8)6-10;1-11-8-4-3-7(6-10)5-9(8)12-2;1-5-8(12)7(4-11)6(3-10)2-9-5;1-11-8-3-2-6(5-9)4-7(8)10;1-11-8-4-6(5-9)2-3-7(8)10;2*1-10-8-4-2-7(6-9)3-5-8;9-5-6-1-3-7(4-2-6)8(10)11;8-3-5-6(10)1-4(9)2-7(5)11;8-6-7-4-2-1-3-5-7/h3-9H,1-2H3;3-7H,1-2H3;2*3-6H,1-2H3;2,4,10,12H,3H2,1H3;2*2-5,10H,1H3;2*2-6H,1H3;1-5H;1-3,9-11H;1-6H/b4-3+;;;;;;;;;;;. The van der Waals surface area contributed by atoms with Crippen LogP contribution in [0, 0.1) is 17.0 Å². The van der Waals surface area contributed by atoms with Crippen molar-refractivity contribution in [2.24, 2.45) is 0 Å². The van der Waals surface area contributed by atoms with Crippen LogP contribution in [0.25, 0.3) is 6.08 Å². The van der Waals surface area contributed by atoms with E-state index in [-0.39, 0.29) is 46.4 Å². The van der Waals surface area contributed by atoms with E-state index in [0.29, 0.717) is 116 Å². The van der Waals surface area contributed by atoms with Crippen LogP contribution in [0.2, 0.25) is 0 Å². The molecule has 0 aliphatic carbocycles. The van der Waals surface area contributed by atoms with Crippen molar-refractivity contribution in [1.82, 2.24) is 4.98 Å². The fourth-order valence-corrected chi connectivity index (χ4v) is 9.50. The van der Waals surface area contributed by atoms with E-state index in [2.05, 4.69) is 4.98 Å². The number of allylic oxidation sites excluding steroid dienone is 1. The molecule has 7 N–H and O–H groups in total. The molecule has 33 nitrogen and oxygen atoms in total. The molecule has 0 spiro atoms. The highest BCUT2D eigenvalue weighted by Gasteiger charge is 2.12. The smallest absolute Gasteiger partial charge is 0.269 e. The van der Waals surface area contributed by atoms with Crippen LogP contribution in [0.3, 0.4) is 0 Å². The van der Waals surface area contributed by atoms with Crippen LogP contribution < -0.4 is 47.7 Å². The van der Waals surface area contributed by atoms with Gasteiger partial charge in [0.05, 0.1) is 90.8 Å². The molecule has 132 heavy (non-hydrogen) atoms. The zero-order valence-electron chi connectivity index (χ0n) is 74.3. The molecule has 0 saturated heterocycles. The zero-order chi connectivity index (χ0) is 98.9. The van der Waals surface area contributed by atoms with Gasteiger partial charge in [-0.25, -0.2) is 0 Å².